The van der Waals surface area contributed by atoms with Crippen LogP contribution in [0.1, 0.15) is 0 Å². The van der Waals surface area contributed by atoms with E-state index in [9.17, 15) is 0 Å². The van der Waals surface area contributed by atoms with Crippen LogP contribution in [0.15, 0.2) is 446 Å². The van der Waals surface area contributed by atoms with Crippen LogP contribution in [0, 0.1) is 0 Å². The van der Waals surface area contributed by atoms with Crippen molar-refractivity contribution in [2.24, 2.45) is 0 Å². The minimum atomic E-state index is 0.881. The Bertz CT molecular complexity index is 8250. The molecule has 0 fully saturated rings. The summed E-state index contributed by atoms with van der Waals surface area (Å²) >= 11 is 3.74. The van der Waals surface area contributed by atoms with Crippen molar-refractivity contribution >= 4 is 185 Å². The molecule has 25 rings (SSSR count). The predicted molar refractivity (Wildman–Crippen MR) is 518 cm³/mol. The van der Waals surface area contributed by atoms with Crippen molar-refractivity contribution in [3.8, 4) is 67.0 Å². The van der Waals surface area contributed by atoms with E-state index >= 15 is 0 Å². The topological polar surface area (TPSA) is 42.6 Å². The fourth-order valence-electron chi connectivity index (χ4n) is 18.7. The predicted octanol–water partition coefficient (Wildman–Crippen LogP) is 33.4. The van der Waals surface area contributed by atoms with E-state index in [0.29, 0.717) is 0 Å². The monoisotopic (exact) mass is 1590 g/mol. The molecule has 0 aliphatic rings. The molecule has 0 spiro atoms. The van der Waals surface area contributed by atoms with Crippen LogP contribution in [-0.2, 0) is 0 Å². The molecule has 122 heavy (non-hydrogen) atoms. The van der Waals surface area contributed by atoms with Crippen LogP contribution >= 0.6 is 22.7 Å². The van der Waals surface area contributed by atoms with Crippen molar-refractivity contribution in [1.82, 2.24) is 9.13 Å². The lowest BCUT2D eigenvalue weighted by Crippen LogP contribution is -2.09. The number of para-hydroxylation sites is 5. The van der Waals surface area contributed by atoms with E-state index < -0.39 is 0 Å². The second-order valence-electron chi connectivity index (χ2n) is 31.3. The number of aromatic nitrogens is 2. The molecule has 0 unspecified atom stereocenters. The molecular weight excluding hydrogens is 1520 g/mol. The Morgan fingerprint density at radius 2 is 0.582 bits per heavy atom. The van der Waals surface area contributed by atoms with E-state index in [4.69, 9.17) is 8.83 Å². The van der Waals surface area contributed by atoms with Gasteiger partial charge in [0.2, 0.25) is 0 Å². The molecule has 6 heterocycles. The molecule has 8 heteroatoms. The van der Waals surface area contributed by atoms with Crippen LogP contribution in [0.4, 0.5) is 34.1 Å². The Morgan fingerprint density at radius 1 is 0.205 bits per heavy atom. The Morgan fingerprint density at radius 3 is 1.13 bits per heavy atom. The van der Waals surface area contributed by atoms with Crippen molar-refractivity contribution in [3.63, 3.8) is 0 Å². The van der Waals surface area contributed by atoms with Gasteiger partial charge >= 0.3 is 0 Å². The zero-order valence-corrected chi connectivity index (χ0v) is 67.6. The molecule has 0 saturated heterocycles. The molecule has 0 N–H and O–H groups in total. The van der Waals surface area contributed by atoms with Gasteiger partial charge in [0.05, 0.1) is 27.5 Å². The highest BCUT2D eigenvalue weighted by Crippen LogP contribution is 2.52. The summed E-state index contributed by atoms with van der Waals surface area (Å²) in [6, 6.07) is 158. The molecule has 6 aromatic heterocycles. The van der Waals surface area contributed by atoms with E-state index in [0.717, 1.165) is 106 Å². The molecular formula is C114H72N4O2S2. The number of benzene rings is 19. The van der Waals surface area contributed by atoms with Gasteiger partial charge in [0.15, 0.2) is 0 Å². The van der Waals surface area contributed by atoms with E-state index in [1.165, 1.54) is 123 Å². The summed E-state index contributed by atoms with van der Waals surface area (Å²) < 4.78 is 23.2. The standard InChI is InChI=1S/C60H36N2OS2.C54H36N2O/c1-2-12-37(13-3-1)38-22-26-40(27-23-38)61(42-31-33-57-50(35-42)46-16-6-10-20-55(46)64-57)41-28-24-39(25-29-41)48-36-51-44-14-4-8-18-52(44)62(59(51)58-47-17-7-11-21-56(47)65-60(48)58)43-30-32-54-49(34-43)45-15-5-9-19-53(45)63-54;1-4-14-37(15-5-1)39-24-30-43(31-25-39)55(44-32-26-40(27-33-44)38-16-6-2-7-17-38)45-34-28-41(29-35-45)48-36-49-46-20-10-12-22-50(46)56(42-18-8-3-9-19-42)53(49)52-47-21-11-13-23-51(47)57-54(48)52/h1-36H;1-36H. The largest absolute Gasteiger partial charge is 0.456 e. The SMILES string of the molecule is c1ccc(-c2ccc(N(c3ccc(-c4cc5c6ccccc6n(-c6ccc7oc8ccccc8c7c6)c5c5c4sc4ccccc45)cc3)c3ccc4sc5ccccc5c4c3)cc2)cc1.c1ccc(-c2ccc(N(c3ccc(-c4ccccc4)cc3)c3ccc(-c4cc5c6ccccc6n(-c6ccccc6)c5c5c4oc4ccccc45)cc3)cc2)cc1. The van der Waals surface area contributed by atoms with Crippen molar-refractivity contribution < 1.29 is 8.83 Å². The van der Waals surface area contributed by atoms with Crippen LogP contribution in [-0.4, -0.2) is 9.13 Å². The number of thiophene rings is 2. The molecule has 572 valence electrons. The highest BCUT2D eigenvalue weighted by molar-refractivity contribution is 7.26. The fourth-order valence-corrected chi connectivity index (χ4v) is 21.0. The fraction of sp³-hybridized carbons (Fsp3) is 0. The lowest BCUT2D eigenvalue weighted by molar-refractivity contribution is 0.669. The smallest absolute Gasteiger partial charge is 0.145 e. The highest BCUT2D eigenvalue weighted by Gasteiger charge is 2.27. The number of furan rings is 2. The average Bonchev–Trinajstić information content (AvgIpc) is 1.55. The number of anilines is 6. The average molecular weight is 1590 g/mol. The summed E-state index contributed by atoms with van der Waals surface area (Å²) in [6.45, 7) is 0. The summed E-state index contributed by atoms with van der Waals surface area (Å²) in [5, 5.41) is 14.5. The minimum absolute atomic E-state index is 0.881. The normalized spacial score (nSPS) is 11.8. The van der Waals surface area contributed by atoms with Crippen LogP contribution in [0.5, 0.6) is 0 Å². The maximum Gasteiger partial charge on any atom is 0.145 e. The molecule has 0 radical (unpaired) electrons. The zero-order valence-electron chi connectivity index (χ0n) is 66.0. The highest BCUT2D eigenvalue weighted by atomic mass is 32.1. The summed E-state index contributed by atoms with van der Waals surface area (Å²) in [7, 11) is 0. The van der Waals surface area contributed by atoms with Gasteiger partial charge in [-0.15, -0.1) is 22.7 Å². The first-order chi connectivity index (χ1) is 60.5. The van der Waals surface area contributed by atoms with Gasteiger partial charge in [-0.3, -0.25) is 0 Å². The van der Waals surface area contributed by atoms with Gasteiger partial charge in [-0.2, -0.15) is 0 Å². The minimum Gasteiger partial charge on any atom is -0.456 e. The lowest BCUT2D eigenvalue weighted by atomic mass is 9.98. The van der Waals surface area contributed by atoms with Gasteiger partial charge in [0, 0.05) is 135 Å². The Balaban J connectivity index is 0.000000139. The Kier molecular flexibility index (Phi) is 16.9. The van der Waals surface area contributed by atoms with Gasteiger partial charge < -0.3 is 27.8 Å². The summed E-state index contributed by atoms with van der Waals surface area (Å²) in [5.74, 6) is 0. The third-order valence-corrected chi connectivity index (χ3v) is 26.7. The number of hydrogen-bond acceptors (Lipinski definition) is 6. The number of rotatable bonds is 13. The molecule has 0 aliphatic heterocycles. The third-order valence-electron chi connectivity index (χ3n) is 24.4. The summed E-state index contributed by atoms with van der Waals surface area (Å²) in [4.78, 5) is 4.73. The van der Waals surface area contributed by atoms with Crippen LogP contribution < -0.4 is 9.80 Å². The number of fused-ring (bicyclic) bond motifs is 20. The molecule has 19 aromatic carbocycles. The van der Waals surface area contributed by atoms with Crippen molar-refractivity contribution in [1.29, 1.82) is 0 Å². The molecule has 0 amide bonds. The first-order valence-electron chi connectivity index (χ1n) is 41.4. The van der Waals surface area contributed by atoms with Gasteiger partial charge in [0.25, 0.3) is 0 Å². The quantitative estimate of drug-likeness (QED) is 0.115. The van der Waals surface area contributed by atoms with Gasteiger partial charge in [-0.25, -0.2) is 0 Å². The molecule has 0 atom stereocenters. The van der Waals surface area contributed by atoms with Crippen molar-refractivity contribution in [2.75, 3.05) is 9.80 Å². The van der Waals surface area contributed by atoms with Crippen molar-refractivity contribution in [2.45, 2.75) is 0 Å². The second kappa shape index (κ2) is 29.2. The molecule has 25 aromatic rings. The molecule has 0 bridgehead atoms. The maximum atomic E-state index is 6.82. The van der Waals surface area contributed by atoms with Gasteiger partial charge in [0.1, 0.15) is 22.3 Å². The number of nitrogens with zero attached hydrogens (tertiary/aromatic N) is 4. The van der Waals surface area contributed by atoms with Gasteiger partial charge in [-0.1, -0.05) is 279 Å². The van der Waals surface area contributed by atoms with E-state index in [1.807, 2.05) is 28.7 Å². The van der Waals surface area contributed by atoms with Gasteiger partial charge in [-0.05, 0) is 202 Å². The van der Waals surface area contributed by atoms with Crippen LogP contribution in [0.25, 0.3) is 195 Å². The Hall–Kier alpha value is -15.6. The lowest BCUT2D eigenvalue weighted by Gasteiger charge is -2.26. The van der Waals surface area contributed by atoms with Crippen LogP contribution in [0.3, 0.4) is 0 Å². The second-order valence-corrected chi connectivity index (χ2v) is 33.5. The van der Waals surface area contributed by atoms with Crippen LogP contribution in [0.2, 0.25) is 0 Å². The Labute approximate surface area is 711 Å². The van der Waals surface area contributed by atoms with E-state index in [2.05, 4.69) is 450 Å². The number of hydrogen-bond donors (Lipinski definition) is 0. The molecule has 0 aliphatic carbocycles. The first kappa shape index (κ1) is 70.6. The third kappa shape index (κ3) is 11.9. The maximum absolute atomic E-state index is 6.82. The molecule has 6 nitrogen and oxygen atoms in total. The van der Waals surface area contributed by atoms with E-state index in [-0.39, 0.29) is 0 Å². The van der Waals surface area contributed by atoms with Crippen molar-refractivity contribution in [3.05, 3.63) is 437 Å². The summed E-state index contributed by atoms with van der Waals surface area (Å²) in [6.07, 6.45) is 0. The van der Waals surface area contributed by atoms with E-state index in [1.54, 1.807) is 0 Å². The first-order valence-corrected chi connectivity index (χ1v) is 43.0. The zero-order chi connectivity index (χ0) is 80.3. The summed E-state index contributed by atoms with van der Waals surface area (Å²) in [5.41, 5.74) is 28.9. The molecule has 0 saturated carbocycles.